The highest BCUT2D eigenvalue weighted by Gasteiger charge is 2.00. The van der Waals surface area contributed by atoms with E-state index < -0.39 is 0 Å². The van der Waals surface area contributed by atoms with Crippen LogP contribution in [0.4, 0.5) is 5.82 Å². The number of benzene rings is 1. The average molecular weight is 264 g/mol. The lowest BCUT2D eigenvalue weighted by molar-refractivity contribution is 0.995. The molecule has 0 saturated heterocycles. The third-order valence-electron chi connectivity index (χ3n) is 3.29. The maximum atomic E-state index is 4.44. The van der Waals surface area contributed by atoms with E-state index in [0.29, 0.717) is 5.65 Å². The molecule has 0 aliphatic carbocycles. The molecule has 0 unspecified atom stereocenters. The number of nitrogens with one attached hydrogen (secondary N) is 1. The van der Waals surface area contributed by atoms with Gasteiger partial charge in [-0.25, -0.2) is 9.97 Å². The molecule has 0 atom stereocenters. The molecule has 0 aliphatic rings. The van der Waals surface area contributed by atoms with Crippen molar-refractivity contribution >= 4 is 17.0 Å². The second kappa shape index (κ2) is 5.65. The zero-order valence-corrected chi connectivity index (χ0v) is 11.4. The molecule has 0 spiro atoms. The minimum Gasteiger partial charge on any atom is -0.370 e. The van der Waals surface area contributed by atoms with E-state index in [-0.39, 0.29) is 0 Å². The molecular formula is C16H16N4. The van der Waals surface area contributed by atoms with Gasteiger partial charge >= 0.3 is 0 Å². The molecule has 100 valence electrons. The Kier molecular flexibility index (Phi) is 3.54. The molecule has 1 aromatic carbocycles. The van der Waals surface area contributed by atoms with Crippen molar-refractivity contribution in [3.8, 4) is 0 Å². The number of hydrogen-bond acceptors (Lipinski definition) is 4. The third-order valence-corrected chi connectivity index (χ3v) is 3.29. The molecule has 2 heterocycles. The number of aromatic nitrogens is 3. The zero-order chi connectivity index (χ0) is 13.8. The van der Waals surface area contributed by atoms with Crippen LogP contribution in [0, 0.1) is 6.92 Å². The Balaban J connectivity index is 1.67. The van der Waals surface area contributed by atoms with Crippen LogP contribution >= 0.6 is 0 Å². The van der Waals surface area contributed by atoms with Gasteiger partial charge in [0.2, 0.25) is 0 Å². The fourth-order valence-corrected chi connectivity index (χ4v) is 2.17. The number of anilines is 1. The van der Waals surface area contributed by atoms with E-state index in [1.165, 1.54) is 11.1 Å². The van der Waals surface area contributed by atoms with Crippen LogP contribution in [0.25, 0.3) is 11.2 Å². The van der Waals surface area contributed by atoms with Gasteiger partial charge in [-0.05, 0) is 36.6 Å². The number of aryl methyl sites for hydroxylation is 1. The molecule has 0 saturated carbocycles. The first-order chi connectivity index (χ1) is 9.83. The van der Waals surface area contributed by atoms with Crippen LogP contribution in [0.3, 0.4) is 0 Å². The van der Waals surface area contributed by atoms with Crippen LogP contribution in [-0.4, -0.2) is 21.5 Å². The molecule has 3 aromatic rings. The van der Waals surface area contributed by atoms with E-state index in [1.807, 2.05) is 12.1 Å². The number of fused-ring (bicyclic) bond motifs is 1. The Morgan fingerprint density at radius 1 is 1.00 bits per heavy atom. The first-order valence-electron chi connectivity index (χ1n) is 6.69. The van der Waals surface area contributed by atoms with Gasteiger partial charge in [0.1, 0.15) is 11.3 Å². The molecule has 0 radical (unpaired) electrons. The van der Waals surface area contributed by atoms with E-state index in [4.69, 9.17) is 0 Å². The molecule has 0 fully saturated rings. The van der Waals surface area contributed by atoms with Gasteiger partial charge in [0.15, 0.2) is 5.65 Å². The molecule has 1 N–H and O–H groups in total. The number of nitrogens with zero attached hydrogens (tertiary/aromatic N) is 3. The highest BCUT2D eigenvalue weighted by molar-refractivity contribution is 5.71. The van der Waals surface area contributed by atoms with E-state index in [2.05, 4.69) is 51.5 Å². The highest BCUT2D eigenvalue weighted by atomic mass is 15.0. The van der Waals surface area contributed by atoms with Crippen LogP contribution in [0.2, 0.25) is 0 Å². The Labute approximate surface area is 117 Å². The summed E-state index contributed by atoms with van der Waals surface area (Å²) in [6.45, 7) is 2.99. The Morgan fingerprint density at radius 3 is 2.75 bits per heavy atom. The van der Waals surface area contributed by atoms with Crippen molar-refractivity contribution in [3.05, 3.63) is 59.9 Å². The summed E-state index contributed by atoms with van der Waals surface area (Å²) < 4.78 is 0. The lowest BCUT2D eigenvalue weighted by Gasteiger charge is -2.08. The van der Waals surface area contributed by atoms with Crippen molar-refractivity contribution in [2.75, 3.05) is 11.9 Å². The number of hydrogen-bond donors (Lipinski definition) is 1. The summed E-state index contributed by atoms with van der Waals surface area (Å²) in [5, 5.41) is 3.33. The van der Waals surface area contributed by atoms with Gasteiger partial charge in [-0.2, -0.15) is 0 Å². The van der Waals surface area contributed by atoms with Gasteiger partial charge in [0.25, 0.3) is 0 Å². The van der Waals surface area contributed by atoms with E-state index in [0.717, 1.165) is 24.3 Å². The quantitative estimate of drug-likeness (QED) is 0.787. The van der Waals surface area contributed by atoms with Gasteiger partial charge in [0, 0.05) is 18.9 Å². The van der Waals surface area contributed by atoms with Crippen LogP contribution < -0.4 is 5.32 Å². The predicted octanol–water partition coefficient (Wildman–Crippen LogP) is 2.99. The SMILES string of the molecule is Cc1ccccc1CCNc1ccc2nccnc2n1. The highest BCUT2D eigenvalue weighted by Crippen LogP contribution is 2.11. The van der Waals surface area contributed by atoms with E-state index in [9.17, 15) is 0 Å². The third kappa shape index (κ3) is 2.74. The van der Waals surface area contributed by atoms with Crippen LogP contribution in [0.5, 0.6) is 0 Å². The minimum absolute atomic E-state index is 0.674. The zero-order valence-electron chi connectivity index (χ0n) is 11.4. The Bertz CT molecular complexity index is 724. The monoisotopic (exact) mass is 264 g/mol. The van der Waals surface area contributed by atoms with Crippen molar-refractivity contribution in [2.45, 2.75) is 13.3 Å². The van der Waals surface area contributed by atoms with Crippen molar-refractivity contribution in [1.82, 2.24) is 15.0 Å². The van der Waals surface area contributed by atoms with Crippen LogP contribution in [0.15, 0.2) is 48.8 Å². The average Bonchev–Trinajstić information content (AvgIpc) is 2.49. The molecular weight excluding hydrogens is 248 g/mol. The number of pyridine rings is 1. The molecule has 4 nitrogen and oxygen atoms in total. The van der Waals surface area contributed by atoms with Crippen LogP contribution in [0.1, 0.15) is 11.1 Å². The molecule has 0 amide bonds. The Hall–Kier alpha value is -2.49. The van der Waals surface area contributed by atoms with Crippen molar-refractivity contribution < 1.29 is 0 Å². The topological polar surface area (TPSA) is 50.7 Å². The summed E-state index contributed by atoms with van der Waals surface area (Å²) in [5.41, 5.74) is 4.18. The van der Waals surface area contributed by atoms with Crippen molar-refractivity contribution in [2.24, 2.45) is 0 Å². The maximum absolute atomic E-state index is 4.44. The van der Waals surface area contributed by atoms with Crippen LogP contribution in [-0.2, 0) is 6.42 Å². The molecule has 4 heteroatoms. The fraction of sp³-hybridized carbons (Fsp3) is 0.188. The molecule has 0 aliphatic heterocycles. The summed E-state index contributed by atoms with van der Waals surface area (Å²) in [6.07, 6.45) is 4.31. The Morgan fingerprint density at radius 2 is 1.85 bits per heavy atom. The first kappa shape index (κ1) is 12.5. The van der Waals surface area contributed by atoms with Gasteiger partial charge in [-0.15, -0.1) is 0 Å². The standard InChI is InChI=1S/C16H16N4/c1-12-4-2-3-5-13(12)8-9-18-15-7-6-14-16(20-15)19-11-10-17-14/h2-7,10-11H,8-9H2,1H3,(H,18,19,20). The van der Waals surface area contributed by atoms with E-state index in [1.54, 1.807) is 12.4 Å². The van der Waals surface area contributed by atoms with Gasteiger partial charge in [0.05, 0.1) is 0 Å². The number of rotatable bonds is 4. The fourth-order valence-electron chi connectivity index (χ4n) is 2.17. The molecule has 0 bridgehead atoms. The lowest BCUT2D eigenvalue weighted by Crippen LogP contribution is -2.07. The summed E-state index contributed by atoms with van der Waals surface area (Å²) in [7, 11) is 0. The summed E-state index contributed by atoms with van der Waals surface area (Å²) in [6, 6.07) is 12.3. The molecule has 20 heavy (non-hydrogen) atoms. The largest absolute Gasteiger partial charge is 0.370 e. The second-order valence-corrected chi connectivity index (χ2v) is 4.70. The summed E-state index contributed by atoms with van der Waals surface area (Å²) in [4.78, 5) is 12.9. The smallest absolute Gasteiger partial charge is 0.180 e. The predicted molar refractivity (Wildman–Crippen MR) is 80.7 cm³/mol. The molecule has 3 rings (SSSR count). The van der Waals surface area contributed by atoms with Gasteiger partial charge in [-0.3, -0.25) is 4.98 Å². The lowest BCUT2D eigenvalue weighted by atomic mass is 10.1. The van der Waals surface area contributed by atoms with Gasteiger partial charge < -0.3 is 5.32 Å². The maximum Gasteiger partial charge on any atom is 0.180 e. The first-order valence-corrected chi connectivity index (χ1v) is 6.69. The van der Waals surface area contributed by atoms with Gasteiger partial charge in [-0.1, -0.05) is 24.3 Å². The normalized spacial score (nSPS) is 10.7. The van der Waals surface area contributed by atoms with Crippen molar-refractivity contribution in [1.29, 1.82) is 0 Å². The van der Waals surface area contributed by atoms with E-state index >= 15 is 0 Å². The summed E-state index contributed by atoms with van der Waals surface area (Å²) in [5.74, 6) is 0.839. The van der Waals surface area contributed by atoms with Crippen molar-refractivity contribution in [3.63, 3.8) is 0 Å². The summed E-state index contributed by atoms with van der Waals surface area (Å²) >= 11 is 0. The second-order valence-electron chi connectivity index (χ2n) is 4.70. The molecule has 2 aromatic heterocycles. The minimum atomic E-state index is 0.674.